The molecule has 7 nitrogen and oxygen atoms in total. The Hall–Kier alpha value is -2.58. The van der Waals surface area contributed by atoms with Crippen LogP contribution >= 0.6 is 23.4 Å². The fourth-order valence-electron chi connectivity index (χ4n) is 2.45. The van der Waals surface area contributed by atoms with Crippen molar-refractivity contribution in [2.75, 3.05) is 12.0 Å². The average molecular weight is 422 g/mol. The topological polar surface area (TPSA) is 101 Å². The number of rotatable bonds is 9. The van der Waals surface area contributed by atoms with E-state index in [1.807, 2.05) is 12.3 Å². The van der Waals surface area contributed by atoms with Crippen LogP contribution in [0.25, 0.3) is 0 Å². The van der Waals surface area contributed by atoms with E-state index in [1.165, 1.54) is 24.3 Å². The van der Waals surface area contributed by atoms with Crippen molar-refractivity contribution in [1.82, 2.24) is 10.6 Å². The summed E-state index contributed by atoms with van der Waals surface area (Å²) in [6.07, 6.45) is 2.33. The molecule has 148 valence electrons. The second kappa shape index (κ2) is 10.7. The Kier molecular flexibility index (Phi) is 8.28. The van der Waals surface area contributed by atoms with Crippen molar-refractivity contribution in [3.8, 4) is 0 Å². The van der Waals surface area contributed by atoms with E-state index in [0.717, 1.165) is 5.56 Å². The quantitative estimate of drug-likeness (QED) is 0.477. The number of nitrogens with zero attached hydrogens (tertiary/aromatic N) is 1. The van der Waals surface area contributed by atoms with Gasteiger partial charge in [-0.2, -0.15) is 11.8 Å². The maximum absolute atomic E-state index is 12.6. The summed E-state index contributed by atoms with van der Waals surface area (Å²) in [6.45, 7) is 0.237. The highest BCUT2D eigenvalue weighted by atomic mass is 35.5. The number of nitrogens with one attached hydrogen (secondary N) is 2. The molecule has 9 heteroatoms. The van der Waals surface area contributed by atoms with Crippen molar-refractivity contribution in [3.63, 3.8) is 0 Å². The van der Waals surface area contributed by atoms with Crippen LogP contribution in [-0.4, -0.2) is 34.8 Å². The molecule has 2 amide bonds. The molecule has 28 heavy (non-hydrogen) atoms. The summed E-state index contributed by atoms with van der Waals surface area (Å²) in [5.74, 6) is -0.213. The summed E-state index contributed by atoms with van der Waals surface area (Å²) in [7, 11) is 0. The molecular weight excluding hydrogens is 402 g/mol. The Morgan fingerprint density at radius 1 is 1.21 bits per heavy atom. The number of halogens is 1. The molecule has 1 unspecified atom stereocenters. The maximum Gasteiger partial charge on any atom is 0.270 e. The minimum atomic E-state index is -0.762. The summed E-state index contributed by atoms with van der Waals surface area (Å²) in [4.78, 5) is 35.4. The minimum absolute atomic E-state index is 0.127. The molecule has 2 rings (SSSR count). The third-order valence-corrected chi connectivity index (χ3v) is 4.98. The normalized spacial score (nSPS) is 11.5. The lowest BCUT2D eigenvalue weighted by Gasteiger charge is -2.18. The standard InChI is InChI=1S/C19H20ClN3O4S/c1-28-10-9-17(19(25)21-12-14-5-2-3-8-16(14)20)22-18(24)13-6-4-7-15(11-13)23(26)27/h2-8,11,17H,9-10,12H2,1H3,(H,21,25)(H,22,24). The zero-order chi connectivity index (χ0) is 20.5. The van der Waals surface area contributed by atoms with Crippen molar-refractivity contribution in [2.24, 2.45) is 0 Å². The van der Waals surface area contributed by atoms with E-state index < -0.39 is 16.9 Å². The van der Waals surface area contributed by atoms with Crippen LogP contribution < -0.4 is 10.6 Å². The van der Waals surface area contributed by atoms with Crippen LogP contribution in [0.5, 0.6) is 0 Å². The Morgan fingerprint density at radius 3 is 2.64 bits per heavy atom. The molecule has 0 radical (unpaired) electrons. The molecule has 2 aromatic rings. The van der Waals surface area contributed by atoms with Crippen LogP contribution in [-0.2, 0) is 11.3 Å². The monoisotopic (exact) mass is 421 g/mol. The number of non-ortho nitro benzene ring substituents is 1. The van der Waals surface area contributed by atoms with Gasteiger partial charge in [-0.25, -0.2) is 0 Å². The van der Waals surface area contributed by atoms with E-state index in [9.17, 15) is 19.7 Å². The Morgan fingerprint density at radius 2 is 1.96 bits per heavy atom. The SMILES string of the molecule is CSCCC(NC(=O)c1cccc([N+](=O)[O-])c1)C(=O)NCc1ccccc1Cl. The van der Waals surface area contributed by atoms with Gasteiger partial charge in [0.05, 0.1) is 4.92 Å². The van der Waals surface area contributed by atoms with E-state index in [4.69, 9.17) is 11.6 Å². The zero-order valence-corrected chi connectivity index (χ0v) is 16.8. The fraction of sp³-hybridized carbons (Fsp3) is 0.263. The largest absolute Gasteiger partial charge is 0.350 e. The first kappa shape index (κ1) is 21.7. The predicted molar refractivity (Wildman–Crippen MR) is 111 cm³/mol. The first-order valence-electron chi connectivity index (χ1n) is 8.47. The third kappa shape index (κ3) is 6.24. The highest BCUT2D eigenvalue weighted by molar-refractivity contribution is 7.98. The van der Waals surface area contributed by atoms with E-state index in [2.05, 4.69) is 10.6 Å². The second-order valence-corrected chi connectivity index (χ2v) is 7.32. The van der Waals surface area contributed by atoms with Crippen LogP contribution in [0.1, 0.15) is 22.3 Å². The van der Waals surface area contributed by atoms with Gasteiger partial charge in [0.2, 0.25) is 5.91 Å². The first-order valence-corrected chi connectivity index (χ1v) is 10.2. The lowest BCUT2D eigenvalue weighted by atomic mass is 10.1. The Labute approximate surface area is 172 Å². The smallest absolute Gasteiger partial charge is 0.270 e. The maximum atomic E-state index is 12.6. The number of nitro benzene ring substituents is 1. The van der Waals surface area contributed by atoms with Crippen LogP contribution in [0.3, 0.4) is 0 Å². The number of nitro groups is 1. The van der Waals surface area contributed by atoms with Crippen molar-refractivity contribution in [3.05, 3.63) is 74.8 Å². The lowest BCUT2D eigenvalue weighted by Crippen LogP contribution is -2.46. The second-order valence-electron chi connectivity index (χ2n) is 5.92. The van der Waals surface area contributed by atoms with Crippen molar-refractivity contribution in [2.45, 2.75) is 19.0 Å². The van der Waals surface area contributed by atoms with Gasteiger partial charge in [-0.1, -0.05) is 35.9 Å². The van der Waals surface area contributed by atoms with Gasteiger partial charge in [0.15, 0.2) is 0 Å². The van der Waals surface area contributed by atoms with Crippen molar-refractivity contribution in [1.29, 1.82) is 0 Å². The first-order chi connectivity index (χ1) is 13.4. The Balaban J connectivity index is 2.06. The number of thioether (sulfide) groups is 1. The molecule has 0 aliphatic carbocycles. The number of amides is 2. The average Bonchev–Trinajstić information content (AvgIpc) is 2.70. The molecular formula is C19H20ClN3O4S. The molecule has 0 saturated heterocycles. The van der Waals surface area contributed by atoms with E-state index >= 15 is 0 Å². The molecule has 0 heterocycles. The van der Waals surface area contributed by atoms with E-state index in [1.54, 1.807) is 30.0 Å². The van der Waals surface area contributed by atoms with Gasteiger partial charge in [-0.15, -0.1) is 0 Å². The molecule has 0 aliphatic rings. The highest BCUT2D eigenvalue weighted by Crippen LogP contribution is 2.15. The summed E-state index contributed by atoms with van der Waals surface area (Å²) in [6, 6.07) is 11.8. The zero-order valence-electron chi connectivity index (χ0n) is 15.2. The fourth-order valence-corrected chi connectivity index (χ4v) is 3.13. The summed E-state index contributed by atoms with van der Waals surface area (Å²) >= 11 is 7.65. The number of hydrogen-bond donors (Lipinski definition) is 2. The summed E-state index contributed by atoms with van der Waals surface area (Å²) in [5.41, 5.74) is 0.713. The summed E-state index contributed by atoms with van der Waals surface area (Å²) in [5, 5.41) is 16.9. The number of benzene rings is 2. The van der Waals surface area contributed by atoms with Crippen LogP contribution in [0.15, 0.2) is 48.5 Å². The molecule has 0 bridgehead atoms. The van der Waals surface area contributed by atoms with E-state index in [0.29, 0.717) is 17.2 Å². The van der Waals surface area contributed by atoms with Crippen molar-refractivity contribution < 1.29 is 14.5 Å². The molecule has 2 N–H and O–H groups in total. The highest BCUT2D eigenvalue weighted by Gasteiger charge is 2.22. The molecule has 0 spiro atoms. The molecule has 0 aliphatic heterocycles. The van der Waals surface area contributed by atoms with Gasteiger partial charge in [-0.05, 0) is 36.1 Å². The van der Waals surface area contributed by atoms with Crippen molar-refractivity contribution >= 4 is 40.9 Å². The number of carbonyl (C=O) groups excluding carboxylic acids is 2. The predicted octanol–water partition coefficient (Wildman–Crippen LogP) is 3.42. The van der Waals surface area contributed by atoms with Gasteiger partial charge in [0.25, 0.3) is 11.6 Å². The van der Waals surface area contributed by atoms with Gasteiger partial charge < -0.3 is 10.6 Å². The van der Waals surface area contributed by atoms with Gasteiger partial charge in [-0.3, -0.25) is 19.7 Å². The number of hydrogen-bond acceptors (Lipinski definition) is 5. The molecule has 0 aromatic heterocycles. The van der Waals surface area contributed by atoms with Gasteiger partial charge >= 0.3 is 0 Å². The molecule has 0 saturated carbocycles. The minimum Gasteiger partial charge on any atom is -0.350 e. The van der Waals surface area contributed by atoms with Crippen LogP contribution in [0.2, 0.25) is 5.02 Å². The molecule has 0 fully saturated rings. The van der Waals surface area contributed by atoms with Gasteiger partial charge in [0.1, 0.15) is 6.04 Å². The van der Waals surface area contributed by atoms with Gasteiger partial charge in [0, 0.05) is 29.3 Å². The summed E-state index contributed by atoms with van der Waals surface area (Å²) < 4.78 is 0. The molecule has 2 aromatic carbocycles. The van der Waals surface area contributed by atoms with E-state index in [-0.39, 0.29) is 23.7 Å². The Bertz CT molecular complexity index is 863. The van der Waals surface area contributed by atoms with Crippen LogP contribution in [0, 0.1) is 10.1 Å². The number of carbonyl (C=O) groups is 2. The van der Waals surface area contributed by atoms with Crippen LogP contribution in [0.4, 0.5) is 5.69 Å². The third-order valence-electron chi connectivity index (χ3n) is 3.96. The lowest BCUT2D eigenvalue weighted by molar-refractivity contribution is -0.384. The molecule has 1 atom stereocenters.